The molecule has 2 aromatic carbocycles. The molecule has 1 fully saturated rings. The Morgan fingerprint density at radius 3 is 1.96 bits per heavy atom. The monoisotopic (exact) mass is 324 g/mol. The zero-order chi connectivity index (χ0) is 16.9. The number of nitro groups is 1. The van der Waals surface area contributed by atoms with Gasteiger partial charge in [-0.1, -0.05) is 24.3 Å². The second-order valence-electron chi connectivity index (χ2n) is 5.99. The van der Waals surface area contributed by atoms with Crippen molar-refractivity contribution in [2.45, 2.75) is 18.9 Å². The van der Waals surface area contributed by atoms with Gasteiger partial charge < -0.3 is 10.0 Å². The van der Waals surface area contributed by atoms with Gasteiger partial charge in [0.05, 0.1) is 11.0 Å². The lowest BCUT2D eigenvalue weighted by Gasteiger charge is -2.31. The molecule has 24 heavy (non-hydrogen) atoms. The quantitative estimate of drug-likeness (QED) is 0.529. The zero-order valence-electron chi connectivity index (χ0n) is 13.3. The second-order valence-corrected chi connectivity index (χ2v) is 5.99. The van der Waals surface area contributed by atoms with Crippen LogP contribution < -0.4 is 4.90 Å². The van der Waals surface area contributed by atoms with Crippen LogP contribution in [0.5, 0.6) is 0 Å². The summed E-state index contributed by atoms with van der Waals surface area (Å²) in [7, 11) is 0. The SMILES string of the molecule is O=[N+]([O-])c1ccc(C=Cc2ccc(N3CCC(O)CC3)cc2)cc1. The maximum absolute atomic E-state index is 10.6. The van der Waals surface area contributed by atoms with Crippen LogP contribution in [0.25, 0.3) is 12.2 Å². The molecular weight excluding hydrogens is 304 g/mol. The highest BCUT2D eigenvalue weighted by molar-refractivity contribution is 5.71. The fourth-order valence-corrected chi connectivity index (χ4v) is 2.82. The highest BCUT2D eigenvalue weighted by Crippen LogP contribution is 2.21. The topological polar surface area (TPSA) is 66.6 Å². The lowest BCUT2D eigenvalue weighted by atomic mass is 10.1. The van der Waals surface area contributed by atoms with Crippen molar-refractivity contribution in [2.75, 3.05) is 18.0 Å². The smallest absolute Gasteiger partial charge is 0.269 e. The molecule has 2 aromatic rings. The van der Waals surface area contributed by atoms with Crippen LogP contribution in [0.4, 0.5) is 11.4 Å². The number of hydrogen-bond donors (Lipinski definition) is 1. The molecule has 0 aromatic heterocycles. The molecule has 0 aliphatic carbocycles. The fraction of sp³-hybridized carbons (Fsp3) is 0.263. The first-order valence-electron chi connectivity index (χ1n) is 8.07. The van der Waals surface area contributed by atoms with Crippen LogP contribution in [-0.4, -0.2) is 29.2 Å². The first kappa shape index (κ1) is 16.2. The van der Waals surface area contributed by atoms with Crippen molar-refractivity contribution in [3.8, 4) is 0 Å². The average Bonchev–Trinajstić information content (AvgIpc) is 2.61. The Labute approximate surface area is 141 Å². The normalized spacial score (nSPS) is 15.8. The number of rotatable bonds is 4. The number of benzene rings is 2. The van der Waals surface area contributed by atoms with E-state index in [1.165, 1.54) is 17.8 Å². The van der Waals surface area contributed by atoms with Gasteiger partial charge in [0.15, 0.2) is 0 Å². The number of nitrogens with zero attached hydrogens (tertiary/aromatic N) is 2. The second kappa shape index (κ2) is 7.27. The van der Waals surface area contributed by atoms with Gasteiger partial charge in [-0.05, 0) is 48.2 Å². The van der Waals surface area contributed by atoms with E-state index < -0.39 is 4.92 Å². The van der Waals surface area contributed by atoms with Gasteiger partial charge in [0.2, 0.25) is 0 Å². The van der Waals surface area contributed by atoms with Crippen LogP contribution in [0.3, 0.4) is 0 Å². The van der Waals surface area contributed by atoms with E-state index >= 15 is 0 Å². The summed E-state index contributed by atoms with van der Waals surface area (Å²) in [5.41, 5.74) is 3.28. The van der Waals surface area contributed by atoms with Gasteiger partial charge in [0, 0.05) is 30.9 Å². The zero-order valence-corrected chi connectivity index (χ0v) is 13.3. The first-order valence-corrected chi connectivity index (χ1v) is 8.07. The Morgan fingerprint density at radius 1 is 0.958 bits per heavy atom. The molecule has 0 bridgehead atoms. The van der Waals surface area contributed by atoms with E-state index in [1.807, 2.05) is 12.2 Å². The van der Waals surface area contributed by atoms with Gasteiger partial charge in [0.25, 0.3) is 5.69 Å². The van der Waals surface area contributed by atoms with Gasteiger partial charge >= 0.3 is 0 Å². The van der Waals surface area contributed by atoms with Crippen molar-refractivity contribution >= 4 is 23.5 Å². The molecule has 0 radical (unpaired) electrons. The molecule has 0 spiro atoms. The van der Waals surface area contributed by atoms with Gasteiger partial charge in [0.1, 0.15) is 0 Å². The van der Waals surface area contributed by atoms with Crippen molar-refractivity contribution in [3.63, 3.8) is 0 Å². The van der Waals surface area contributed by atoms with Crippen LogP contribution in [-0.2, 0) is 0 Å². The average molecular weight is 324 g/mol. The van der Waals surface area contributed by atoms with Gasteiger partial charge in [-0.25, -0.2) is 0 Å². The van der Waals surface area contributed by atoms with Gasteiger partial charge in [-0.3, -0.25) is 10.1 Å². The molecule has 5 nitrogen and oxygen atoms in total. The van der Waals surface area contributed by atoms with Crippen molar-refractivity contribution in [1.29, 1.82) is 0 Å². The third-order valence-corrected chi connectivity index (χ3v) is 4.29. The summed E-state index contributed by atoms with van der Waals surface area (Å²) in [4.78, 5) is 12.5. The van der Waals surface area contributed by atoms with Crippen molar-refractivity contribution in [3.05, 3.63) is 69.8 Å². The largest absolute Gasteiger partial charge is 0.393 e. The van der Waals surface area contributed by atoms with E-state index in [0.29, 0.717) is 0 Å². The molecule has 0 unspecified atom stereocenters. The maximum atomic E-state index is 10.6. The lowest BCUT2D eigenvalue weighted by Crippen LogP contribution is -2.35. The number of aliphatic hydroxyl groups excluding tert-OH is 1. The summed E-state index contributed by atoms with van der Waals surface area (Å²) >= 11 is 0. The van der Waals surface area contributed by atoms with Crippen molar-refractivity contribution < 1.29 is 10.0 Å². The van der Waals surface area contributed by atoms with Crippen molar-refractivity contribution in [2.24, 2.45) is 0 Å². The molecule has 1 saturated heterocycles. The maximum Gasteiger partial charge on any atom is 0.269 e. The predicted molar refractivity (Wildman–Crippen MR) is 95.9 cm³/mol. The molecule has 1 aliphatic rings. The van der Waals surface area contributed by atoms with Crippen LogP contribution in [0, 0.1) is 10.1 Å². The van der Waals surface area contributed by atoms with E-state index in [0.717, 1.165) is 37.1 Å². The molecule has 1 heterocycles. The molecule has 3 rings (SSSR count). The Bertz CT molecular complexity index is 715. The van der Waals surface area contributed by atoms with E-state index in [4.69, 9.17) is 0 Å². The minimum Gasteiger partial charge on any atom is -0.393 e. The summed E-state index contributed by atoms with van der Waals surface area (Å²) < 4.78 is 0. The number of non-ortho nitro benzene ring substituents is 1. The summed E-state index contributed by atoms with van der Waals surface area (Å²) in [6.07, 6.45) is 5.41. The van der Waals surface area contributed by atoms with Crippen LogP contribution in [0.15, 0.2) is 48.5 Å². The molecular formula is C19H20N2O3. The predicted octanol–water partition coefficient (Wildman–Crippen LogP) is 3.73. The number of anilines is 1. The standard InChI is InChI=1S/C19H20N2O3/c22-19-11-13-20(14-12-19)17-7-3-15(4-8-17)1-2-16-5-9-18(10-6-16)21(23)24/h1-10,19,22H,11-14H2. The van der Waals surface area contributed by atoms with E-state index in [9.17, 15) is 15.2 Å². The van der Waals surface area contributed by atoms with E-state index in [1.54, 1.807) is 12.1 Å². The molecule has 1 N–H and O–H groups in total. The van der Waals surface area contributed by atoms with E-state index in [-0.39, 0.29) is 11.8 Å². The van der Waals surface area contributed by atoms with Gasteiger partial charge in [-0.2, -0.15) is 0 Å². The Morgan fingerprint density at radius 2 is 1.46 bits per heavy atom. The Balaban J connectivity index is 1.64. The third-order valence-electron chi connectivity index (χ3n) is 4.29. The molecule has 0 saturated carbocycles. The van der Waals surface area contributed by atoms with Crippen molar-refractivity contribution in [1.82, 2.24) is 0 Å². The Kier molecular flexibility index (Phi) is 4.91. The third kappa shape index (κ3) is 4.00. The summed E-state index contributed by atoms with van der Waals surface area (Å²) in [5.74, 6) is 0. The number of hydrogen-bond acceptors (Lipinski definition) is 4. The van der Waals surface area contributed by atoms with Crippen LogP contribution in [0.1, 0.15) is 24.0 Å². The highest BCUT2D eigenvalue weighted by atomic mass is 16.6. The minimum atomic E-state index is -0.397. The Hall–Kier alpha value is -2.66. The number of piperidine rings is 1. The minimum absolute atomic E-state index is 0.100. The van der Waals surface area contributed by atoms with E-state index in [2.05, 4.69) is 29.2 Å². The summed E-state index contributed by atoms with van der Waals surface area (Å²) in [5, 5.41) is 20.2. The highest BCUT2D eigenvalue weighted by Gasteiger charge is 2.16. The molecule has 1 aliphatic heterocycles. The first-order chi connectivity index (χ1) is 11.6. The molecule has 0 amide bonds. The molecule has 5 heteroatoms. The lowest BCUT2D eigenvalue weighted by molar-refractivity contribution is -0.384. The number of nitro benzene ring substituents is 1. The summed E-state index contributed by atoms with van der Waals surface area (Å²) in [6, 6.07) is 14.8. The van der Waals surface area contributed by atoms with Crippen LogP contribution >= 0.6 is 0 Å². The summed E-state index contributed by atoms with van der Waals surface area (Å²) in [6.45, 7) is 1.78. The van der Waals surface area contributed by atoms with Crippen LogP contribution in [0.2, 0.25) is 0 Å². The fourth-order valence-electron chi connectivity index (χ4n) is 2.82. The van der Waals surface area contributed by atoms with Gasteiger partial charge in [-0.15, -0.1) is 0 Å². The molecule has 0 atom stereocenters. The molecule has 124 valence electrons. The number of aliphatic hydroxyl groups is 1.